The molecule has 1 fully saturated rings. The number of benzene rings is 3. The summed E-state index contributed by atoms with van der Waals surface area (Å²) in [4.78, 5) is 42.2. The highest BCUT2D eigenvalue weighted by Crippen LogP contribution is 2.33. The van der Waals surface area contributed by atoms with Gasteiger partial charge < -0.3 is 4.90 Å². The second-order valence-electron chi connectivity index (χ2n) is 9.64. The second-order valence-corrected chi connectivity index (χ2v) is 11.4. The molecule has 0 spiro atoms. The Hall–Kier alpha value is -3.82. The fourth-order valence-electron chi connectivity index (χ4n) is 5.44. The van der Waals surface area contributed by atoms with Gasteiger partial charge in [-0.2, -0.15) is 0 Å². The fraction of sp³-hybridized carbons (Fsp3) is 0.250. The molecule has 1 saturated carbocycles. The van der Waals surface area contributed by atoms with Gasteiger partial charge in [-0.05, 0) is 73.4 Å². The zero-order valence-electron chi connectivity index (χ0n) is 20.0. The maximum absolute atomic E-state index is 13.5. The molecule has 0 atom stereocenters. The number of sulfonamides is 1. The number of amides is 3. The predicted molar refractivity (Wildman–Crippen MR) is 138 cm³/mol. The summed E-state index contributed by atoms with van der Waals surface area (Å²) >= 11 is 0. The van der Waals surface area contributed by atoms with Gasteiger partial charge in [0.2, 0.25) is 10.0 Å². The number of rotatable bonds is 5. The van der Waals surface area contributed by atoms with Crippen LogP contribution in [0.1, 0.15) is 62.3 Å². The Morgan fingerprint density at radius 2 is 1.57 bits per heavy atom. The normalized spacial score (nSPS) is 17.4. The number of nitrogens with one attached hydrogen (secondary N) is 1. The minimum Gasteiger partial charge on any atom is -0.308 e. The first-order valence-corrected chi connectivity index (χ1v) is 13.9. The van der Waals surface area contributed by atoms with Gasteiger partial charge in [-0.15, -0.1) is 0 Å². The number of imide groups is 1. The molecule has 6 rings (SSSR count). The molecule has 3 amide bonds. The van der Waals surface area contributed by atoms with Crippen molar-refractivity contribution in [3.8, 4) is 0 Å². The highest BCUT2D eigenvalue weighted by molar-refractivity contribution is 7.89. The smallest absolute Gasteiger partial charge is 0.266 e. The Kier molecular flexibility index (Phi) is 5.69. The lowest BCUT2D eigenvalue weighted by Gasteiger charge is -2.20. The van der Waals surface area contributed by atoms with E-state index in [-0.39, 0.29) is 16.8 Å². The van der Waals surface area contributed by atoms with E-state index in [1.807, 2.05) is 0 Å². The van der Waals surface area contributed by atoms with Gasteiger partial charge in [-0.25, -0.2) is 18.0 Å². The predicted octanol–water partition coefficient (Wildman–Crippen LogP) is 3.91. The van der Waals surface area contributed by atoms with E-state index in [0.717, 1.165) is 36.1 Å². The van der Waals surface area contributed by atoms with Crippen LogP contribution in [0.15, 0.2) is 71.6 Å². The van der Waals surface area contributed by atoms with Gasteiger partial charge in [-0.1, -0.05) is 31.0 Å². The SMILES string of the molecule is O=C(c1cccc(N2C(=O)c3ccccc3C2=O)c1)N1CCc2cc(S(=O)(=O)NC3CCCC3)ccc21. The lowest BCUT2D eigenvalue weighted by molar-refractivity contribution is 0.0923. The summed E-state index contributed by atoms with van der Waals surface area (Å²) in [6.07, 6.45) is 4.30. The molecular formula is C28H25N3O5S. The Morgan fingerprint density at radius 1 is 0.865 bits per heavy atom. The van der Waals surface area contributed by atoms with Gasteiger partial charge in [0.1, 0.15) is 0 Å². The Labute approximate surface area is 214 Å². The Balaban J connectivity index is 1.25. The van der Waals surface area contributed by atoms with Crippen molar-refractivity contribution < 1.29 is 22.8 Å². The number of nitrogens with zero attached hydrogens (tertiary/aromatic N) is 2. The van der Waals surface area contributed by atoms with Crippen LogP contribution in [0.2, 0.25) is 0 Å². The van der Waals surface area contributed by atoms with Crippen LogP contribution in [0.25, 0.3) is 0 Å². The summed E-state index contributed by atoms with van der Waals surface area (Å²) in [5.41, 5.74) is 2.80. The molecule has 3 aromatic rings. The molecule has 0 radical (unpaired) electrons. The van der Waals surface area contributed by atoms with Gasteiger partial charge in [-0.3, -0.25) is 14.4 Å². The molecule has 188 valence electrons. The molecule has 37 heavy (non-hydrogen) atoms. The summed E-state index contributed by atoms with van der Waals surface area (Å²) in [7, 11) is -3.63. The quantitative estimate of drug-likeness (QED) is 0.519. The highest BCUT2D eigenvalue weighted by Gasteiger charge is 2.37. The van der Waals surface area contributed by atoms with Crippen molar-refractivity contribution >= 4 is 39.1 Å². The standard InChI is InChI=1S/C28H25N3O5S/c32-26(19-6-5-9-21(16-19)31-27(33)23-10-3-4-11-24(23)28(31)34)30-15-14-18-17-22(12-13-25(18)30)37(35,36)29-20-7-1-2-8-20/h3-6,9-13,16-17,20,29H,1-2,7-8,14-15H2. The first-order chi connectivity index (χ1) is 17.8. The van der Waals surface area contributed by atoms with Crippen LogP contribution in [-0.2, 0) is 16.4 Å². The maximum Gasteiger partial charge on any atom is 0.266 e. The van der Waals surface area contributed by atoms with E-state index in [2.05, 4.69) is 4.72 Å². The third-order valence-corrected chi connectivity index (χ3v) is 8.84. The molecule has 3 aromatic carbocycles. The number of hydrogen-bond donors (Lipinski definition) is 1. The van der Waals surface area contributed by atoms with Crippen LogP contribution >= 0.6 is 0 Å². The van der Waals surface area contributed by atoms with Crippen LogP contribution in [-0.4, -0.2) is 38.7 Å². The minimum atomic E-state index is -3.63. The third-order valence-electron chi connectivity index (χ3n) is 7.32. The average Bonchev–Trinajstić information content (AvgIpc) is 3.62. The molecule has 0 bridgehead atoms. The number of anilines is 2. The van der Waals surface area contributed by atoms with Crippen molar-refractivity contribution in [3.05, 3.63) is 89.0 Å². The minimum absolute atomic E-state index is 0.0224. The third kappa shape index (κ3) is 4.04. The van der Waals surface area contributed by atoms with Crippen molar-refractivity contribution in [1.29, 1.82) is 0 Å². The molecule has 8 nitrogen and oxygen atoms in total. The molecule has 1 N–H and O–H groups in total. The zero-order chi connectivity index (χ0) is 25.7. The van der Waals surface area contributed by atoms with E-state index in [4.69, 9.17) is 0 Å². The van der Waals surface area contributed by atoms with Crippen molar-refractivity contribution in [2.75, 3.05) is 16.3 Å². The van der Waals surface area contributed by atoms with Crippen molar-refractivity contribution in [2.24, 2.45) is 0 Å². The van der Waals surface area contributed by atoms with Gasteiger partial charge in [0.05, 0.1) is 21.7 Å². The average molecular weight is 516 g/mol. The van der Waals surface area contributed by atoms with Crippen LogP contribution in [0, 0.1) is 0 Å². The molecular weight excluding hydrogens is 490 g/mol. The van der Waals surface area contributed by atoms with Gasteiger partial charge >= 0.3 is 0 Å². The summed E-state index contributed by atoms with van der Waals surface area (Å²) in [5.74, 6) is -1.12. The van der Waals surface area contributed by atoms with E-state index in [9.17, 15) is 22.8 Å². The zero-order valence-corrected chi connectivity index (χ0v) is 20.8. The van der Waals surface area contributed by atoms with Crippen molar-refractivity contribution in [3.63, 3.8) is 0 Å². The monoisotopic (exact) mass is 515 g/mol. The Morgan fingerprint density at radius 3 is 2.27 bits per heavy atom. The molecule has 0 saturated heterocycles. The van der Waals surface area contributed by atoms with Gasteiger partial charge in [0.25, 0.3) is 17.7 Å². The summed E-state index contributed by atoms with van der Waals surface area (Å²) < 4.78 is 28.5. The van der Waals surface area contributed by atoms with E-state index in [1.54, 1.807) is 65.6 Å². The van der Waals surface area contributed by atoms with E-state index in [1.165, 1.54) is 6.07 Å². The maximum atomic E-state index is 13.5. The topological polar surface area (TPSA) is 104 Å². The van der Waals surface area contributed by atoms with Crippen LogP contribution in [0.3, 0.4) is 0 Å². The molecule has 1 aliphatic carbocycles. The Bertz CT molecular complexity index is 1520. The van der Waals surface area contributed by atoms with Gasteiger partial charge in [0.15, 0.2) is 0 Å². The molecule has 0 unspecified atom stereocenters. The van der Waals surface area contributed by atoms with E-state index < -0.39 is 21.8 Å². The lowest BCUT2D eigenvalue weighted by Crippen LogP contribution is -2.32. The van der Waals surface area contributed by atoms with Crippen molar-refractivity contribution in [2.45, 2.75) is 43.0 Å². The van der Waals surface area contributed by atoms with Crippen molar-refractivity contribution in [1.82, 2.24) is 4.72 Å². The molecule has 0 aromatic heterocycles. The molecule has 3 aliphatic rings. The van der Waals surface area contributed by atoms with Gasteiger partial charge in [0, 0.05) is 23.8 Å². The summed E-state index contributed by atoms with van der Waals surface area (Å²) in [6, 6.07) is 18.0. The van der Waals surface area contributed by atoms with Crippen LogP contribution in [0.4, 0.5) is 11.4 Å². The first-order valence-electron chi connectivity index (χ1n) is 12.4. The molecule has 9 heteroatoms. The summed E-state index contributed by atoms with van der Waals surface area (Å²) in [6.45, 7) is 0.408. The summed E-state index contributed by atoms with van der Waals surface area (Å²) in [5, 5.41) is 0. The number of carbonyl (C=O) groups excluding carboxylic acids is 3. The first kappa shape index (κ1) is 23.6. The lowest BCUT2D eigenvalue weighted by atomic mass is 10.1. The molecule has 2 aliphatic heterocycles. The fourth-order valence-corrected chi connectivity index (χ4v) is 6.80. The number of hydrogen-bond acceptors (Lipinski definition) is 5. The highest BCUT2D eigenvalue weighted by atomic mass is 32.2. The van der Waals surface area contributed by atoms with E-state index in [0.29, 0.717) is 41.0 Å². The van der Waals surface area contributed by atoms with Crippen LogP contribution < -0.4 is 14.5 Å². The second kappa shape index (κ2) is 8.93. The number of fused-ring (bicyclic) bond motifs is 2. The van der Waals surface area contributed by atoms with E-state index >= 15 is 0 Å². The largest absolute Gasteiger partial charge is 0.308 e. The molecule has 2 heterocycles. The van der Waals surface area contributed by atoms with Crippen LogP contribution in [0.5, 0.6) is 0 Å². The number of carbonyl (C=O) groups is 3.